The molecule has 172 valence electrons. The van der Waals surface area contributed by atoms with Crippen LogP contribution in [0, 0.1) is 18.3 Å². The zero-order chi connectivity index (χ0) is 24.6. The van der Waals surface area contributed by atoms with Crippen LogP contribution in [0.25, 0.3) is 22.0 Å². The summed E-state index contributed by atoms with van der Waals surface area (Å²) in [6.45, 7) is 1.96. The molecule has 0 bridgehead atoms. The Labute approximate surface area is 201 Å². The second kappa shape index (κ2) is 8.50. The molecule has 35 heavy (non-hydrogen) atoms. The molecule has 1 saturated carbocycles. The van der Waals surface area contributed by atoms with E-state index in [9.17, 15) is 9.59 Å². The van der Waals surface area contributed by atoms with Gasteiger partial charge < -0.3 is 16.4 Å². The summed E-state index contributed by atoms with van der Waals surface area (Å²) in [4.78, 5) is 38.2. The number of anilines is 2. The lowest BCUT2D eigenvalue weighted by atomic mass is 10.0. The number of fused-ring (bicyclic) bond motifs is 1. The summed E-state index contributed by atoms with van der Waals surface area (Å²) in [6, 6.07) is 14.5. The fourth-order valence-corrected chi connectivity index (χ4v) is 4.06. The van der Waals surface area contributed by atoms with E-state index in [1.807, 2.05) is 25.1 Å². The molecule has 2 amide bonds. The van der Waals surface area contributed by atoms with Crippen LogP contribution < -0.4 is 16.4 Å². The lowest BCUT2D eigenvalue weighted by Crippen LogP contribution is -2.42. The average Bonchev–Trinajstić information content (AvgIpc) is 3.64. The van der Waals surface area contributed by atoms with Gasteiger partial charge in [0.2, 0.25) is 0 Å². The second-order valence-corrected chi connectivity index (χ2v) is 8.56. The van der Waals surface area contributed by atoms with Crippen LogP contribution >= 0.6 is 0 Å². The van der Waals surface area contributed by atoms with Crippen molar-refractivity contribution in [3.8, 4) is 17.3 Å². The van der Waals surface area contributed by atoms with Crippen LogP contribution in [0.4, 0.5) is 11.6 Å². The van der Waals surface area contributed by atoms with E-state index in [1.54, 1.807) is 36.7 Å². The average molecular weight is 464 g/mol. The van der Waals surface area contributed by atoms with Crippen molar-refractivity contribution in [3.05, 3.63) is 77.7 Å². The van der Waals surface area contributed by atoms with Crippen molar-refractivity contribution < 1.29 is 9.59 Å². The number of amides is 2. The topological polar surface area (TPSA) is 147 Å². The molecule has 0 atom stereocenters. The lowest BCUT2D eigenvalue weighted by molar-refractivity contribution is -0.136. The quantitative estimate of drug-likeness (QED) is 0.394. The molecule has 9 heteroatoms. The Hall–Kier alpha value is -4.84. The van der Waals surface area contributed by atoms with Gasteiger partial charge >= 0.3 is 11.8 Å². The lowest BCUT2D eigenvalue weighted by Gasteiger charge is -2.18. The van der Waals surface area contributed by atoms with Gasteiger partial charge in [0, 0.05) is 29.5 Å². The van der Waals surface area contributed by atoms with Crippen LogP contribution in [0.1, 0.15) is 29.5 Å². The molecular formula is C26H21N7O2. The van der Waals surface area contributed by atoms with E-state index in [0.717, 1.165) is 16.7 Å². The fourth-order valence-electron chi connectivity index (χ4n) is 4.06. The molecule has 1 aromatic carbocycles. The molecule has 1 fully saturated rings. The maximum Gasteiger partial charge on any atom is 0.314 e. The van der Waals surface area contributed by atoms with Gasteiger partial charge in [-0.3, -0.25) is 14.6 Å². The molecule has 1 aliphatic rings. The van der Waals surface area contributed by atoms with Gasteiger partial charge in [0.1, 0.15) is 11.6 Å². The third-order valence-corrected chi connectivity index (χ3v) is 6.15. The Morgan fingerprint density at radius 2 is 1.94 bits per heavy atom. The van der Waals surface area contributed by atoms with Gasteiger partial charge in [0.05, 0.1) is 22.9 Å². The smallest absolute Gasteiger partial charge is 0.314 e. The number of nitrogens with two attached hydrogens (primary N) is 1. The number of nitriles is 1. The van der Waals surface area contributed by atoms with E-state index in [-0.39, 0.29) is 5.82 Å². The molecule has 3 aromatic heterocycles. The number of nitrogens with one attached hydrogen (secondary N) is 2. The molecule has 0 spiro atoms. The van der Waals surface area contributed by atoms with Crippen LogP contribution in [0.3, 0.4) is 0 Å². The molecule has 0 radical (unpaired) electrons. The maximum absolute atomic E-state index is 12.7. The Morgan fingerprint density at radius 1 is 1.11 bits per heavy atom. The number of nitrogens with zero attached hydrogens (tertiary/aromatic N) is 4. The summed E-state index contributed by atoms with van der Waals surface area (Å²) in [7, 11) is 0. The standard InChI is InChI=1S/C26H21N7O2/c1-15-5-8-29-13-19(15)21-10-17-11-22(30-14-20(17)23(28)31-21)32-24(34)25(35)33-26(6-7-26)18-4-2-3-16(9-18)12-27/h2-5,8-11,13-14H,6-7H2,1H3,(H2,28,31)(H,33,35)(H,30,32,34). The van der Waals surface area contributed by atoms with Crippen molar-refractivity contribution in [3.63, 3.8) is 0 Å². The van der Waals surface area contributed by atoms with Crippen LogP contribution in [-0.2, 0) is 15.1 Å². The molecule has 0 saturated heterocycles. The highest BCUT2D eigenvalue weighted by Crippen LogP contribution is 2.45. The third-order valence-electron chi connectivity index (χ3n) is 6.15. The van der Waals surface area contributed by atoms with Gasteiger partial charge in [0.15, 0.2) is 0 Å². The van der Waals surface area contributed by atoms with Crippen molar-refractivity contribution in [1.29, 1.82) is 5.26 Å². The number of nitrogen functional groups attached to an aromatic ring is 1. The Kier molecular flexibility index (Phi) is 5.34. The number of carbonyl (C=O) groups excluding carboxylic acids is 2. The van der Waals surface area contributed by atoms with Crippen molar-refractivity contribution >= 4 is 34.2 Å². The number of aryl methyl sites for hydroxylation is 1. The van der Waals surface area contributed by atoms with Crippen molar-refractivity contribution in [2.75, 3.05) is 11.1 Å². The summed E-state index contributed by atoms with van der Waals surface area (Å²) in [5.41, 5.74) is 9.33. The SMILES string of the molecule is Cc1ccncc1-c1cc2cc(NC(=O)C(=O)NC3(c4cccc(C#N)c4)CC3)ncc2c(N)n1. The van der Waals surface area contributed by atoms with Crippen molar-refractivity contribution in [2.45, 2.75) is 25.3 Å². The highest BCUT2D eigenvalue weighted by Gasteiger charge is 2.46. The first-order valence-corrected chi connectivity index (χ1v) is 11.0. The minimum Gasteiger partial charge on any atom is -0.383 e. The fraction of sp³-hybridized carbons (Fsp3) is 0.154. The first-order valence-electron chi connectivity index (χ1n) is 11.0. The first-order chi connectivity index (χ1) is 16.9. The van der Waals surface area contributed by atoms with E-state index >= 15 is 0 Å². The summed E-state index contributed by atoms with van der Waals surface area (Å²) >= 11 is 0. The van der Waals surface area contributed by atoms with Gasteiger partial charge in [-0.05, 0) is 66.6 Å². The van der Waals surface area contributed by atoms with Gasteiger partial charge in [-0.2, -0.15) is 5.26 Å². The molecule has 1 aliphatic carbocycles. The highest BCUT2D eigenvalue weighted by atomic mass is 16.2. The molecule has 3 heterocycles. The van der Waals surface area contributed by atoms with Gasteiger partial charge in [0.25, 0.3) is 0 Å². The van der Waals surface area contributed by atoms with E-state index in [0.29, 0.717) is 40.7 Å². The van der Waals surface area contributed by atoms with Gasteiger partial charge in [-0.25, -0.2) is 9.97 Å². The Bertz CT molecular complexity index is 1540. The minimum atomic E-state index is -0.829. The predicted octanol–water partition coefficient (Wildman–Crippen LogP) is 3.20. The zero-order valence-corrected chi connectivity index (χ0v) is 18.9. The van der Waals surface area contributed by atoms with E-state index in [2.05, 4.69) is 31.7 Å². The minimum absolute atomic E-state index is 0.216. The van der Waals surface area contributed by atoms with Gasteiger partial charge in [-0.1, -0.05) is 12.1 Å². The molecular weight excluding hydrogens is 442 g/mol. The van der Waals surface area contributed by atoms with E-state index in [1.165, 1.54) is 6.20 Å². The first kappa shape index (κ1) is 22.0. The van der Waals surface area contributed by atoms with Crippen LogP contribution in [-0.4, -0.2) is 26.8 Å². The van der Waals surface area contributed by atoms with Gasteiger partial charge in [-0.15, -0.1) is 0 Å². The number of pyridine rings is 3. The number of benzene rings is 1. The molecule has 0 unspecified atom stereocenters. The third kappa shape index (κ3) is 4.25. The number of aromatic nitrogens is 3. The summed E-state index contributed by atoms with van der Waals surface area (Å²) in [6.07, 6.45) is 6.33. The number of rotatable bonds is 4. The molecule has 0 aliphatic heterocycles. The maximum atomic E-state index is 12.7. The number of carbonyl (C=O) groups is 2. The molecule has 5 rings (SSSR count). The Balaban J connectivity index is 1.36. The van der Waals surface area contributed by atoms with Crippen LogP contribution in [0.5, 0.6) is 0 Å². The predicted molar refractivity (Wildman–Crippen MR) is 131 cm³/mol. The largest absolute Gasteiger partial charge is 0.383 e. The summed E-state index contributed by atoms with van der Waals surface area (Å²) in [5.74, 6) is -1.08. The van der Waals surface area contributed by atoms with Crippen molar-refractivity contribution in [1.82, 2.24) is 20.3 Å². The highest BCUT2D eigenvalue weighted by molar-refractivity contribution is 6.39. The second-order valence-electron chi connectivity index (χ2n) is 8.56. The zero-order valence-electron chi connectivity index (χ0n) is 18.9. The number of hydrogen-bond acceptors (Lipinski definition) is 7. The molecule has 4 aromatic rings. The monoisotopic (exact) mass is 463 g/mol. The molecule has 9 nitrogen and oxygen atoms in total. The van der Waals surface area contributed by atoms with Crippen LogP contribution in [0.2, 0.25) is 0 Å². The number of hydrogen-bond donors (Lipinski definition) is 3. The van der Waals surface area contributed by atoms with Crippen molar-refractivity contribution in [2.24, 2.45) is 0 Å². The van der Waals surface area contributed by atoms with Crippen LogP contribution in [0.15, 0.2) is 61.1 Å². The Morgan fingerprint density at radius 3 is 2.69 bits per heavy atom. The normalized spacial score (nSPS) is 13.6. The summed E-state index contributed by atoms with van der Waals surface area (Å²) in [5, 5.41) is 15.9. The summed E-state index contributed by atoms with van der Waals surface area (Å²) < 4.78 is 0. The van der Waals surface area contributed by atoms with E-state index < -0.39 is 17.4 Å². The molecule has 4 N–H and O–H groups in total. The van der Waals surface area contributed by atoms with E-state index in [4.69, 9.17) is 11.0 Å².